The molecule has 0 radical (unpaired) electrons. The predicted molar refractivity (Wildman–Crippen MR) is 91.9 cm³/mol. The molecule has 126 valence electrons. The maximum atomic E-state index is 12.9. The van der Waals surface area contributed by atoms with E-state index in [4.69, 9.17) is 9.47 Å². The van der Waals surface area contributed by atoms with E-state index in [0.717, 1.165) is 18.2 Å². The van der Waals surface area contributed by atoms with Crippen molar-refractivity contribution in [1.82, 2.24) is 9.88 Å². The van der Waals surface area contributed by atoms with Crippen LogP contribution in [0.3, 0.4) is 0 Å². The molecule has 1 fully saturated rings. The molecule has 24 heavy (non-hydrogen) atoms. The highest BCUT2D eigenvalue weighted by Gasteiger charge is 2.37. The number of piperazine rings is 1. The summed E-state index contributed by atoms with van der Waals surface area (Å²) in [6.07, 6.45) is 0.917. The zero-order valence-corrected chi connectivity index (χ0v) is 14.2. The van der Waals surface area contributed by atoms with Gasteiger partial charge < -0.3 is 19.3 Å². The van der Waals surface area contributed by atoms with Crippen molar-refractivity contribution in [1.29, 1.82) is 0 Å². The summed E-state index contributed by atoms with van der Waals surface area (Å²) >= 11 is 1.63. The Morgan fingerprint density at radius 2 is 1.88 bits per heavy atom. The van der Waals surface area contributed by atoms with Crippen LogP contribution in [0.25, 0.3) is 0 Å². The highest BCUT2D eigenvalue weighted by Crippen LogP contribution is 2.34. The van der Waals surface area contributed by atoms with Crippen LogP contribution in [0.2, 0.25) is 0 Å². The van der Waals surface area contributed by atoms with Crippen LogP contribution in [0.1, 0.15) is 6.92 Å². The second kappa shape index (κ2) is 6.32. The number of rotatable bonds is 2. The zero-order chi connectivity index (χ0) is 16.5. The third-order valence-corrected chi connectivity index (χ3v) is 5.20. The van der Waals surface area contributed by atoms with E-state index < -0.39 is 6.10 Å². The fourth-order valence-electron chi connectivity index (χ4n) is 3.06. The third kappa shape index (κ3) is 2.80. The lowest BCUT2D eigenvalue weighted by molar-refractivity contribution is -0.144. The fraction of sp³-hybridized carbons (Fsp3) is 0.412. The molecule has 2 aromatic rings. The Morgan fingerprint density at radius 1 is 1.17 bits per heavy atom. The van der Waals surface area contributed by atoms with Crippen molar-refractivity contribution in [3.8, 4) is 11.5 Å². The van der Waals surface area contributed by atoms with Gasteiger partial charge in [0.1, 0.15) is 6.10 Å². The lowest BCUT2D eigenvalue weighted by Gasteiger charge is -2.38. The average Bonchev–Trinajstić information content (AvgIpc) is 3.15. The van der Waals surface area contributed by atoms with Crippen molar-refractivity contribution in [2.45, 2.75) is 19.1 Å². The summed E-state index contributed by atoms with van der Waals surface area (Å²) in [7, 11) is 0. The molecule has 2 aliphatic heterocycles. The van der Waals surface area contributed by atoms with Crippen molar-refractivity contribution >= 4 is 22.4 Å². The van der Waals surface area contributed by atoms with E-state index >= 15 is 0 Å². The third-order valence-electron chi connectivity index (χ3n) is 4.37. The Bertz CT molecular complexity index is 714. The van der Waals surface area contributed by atoms with E-state index in [1.165, 1.54) is 0 Å². The van der Waals surface area contributed by atoms with Crippen molar-refractivity contribution < 1.29 is 14.3 Å². The van der Waals surface area contributed by atoms with Crippen molar-refractivity contribution in [3.05, 3.63) is 35.8 Å². The van der Waals surface area contributed by atoms with Crippen LogP contribution in [-0.2, 0) is 4.79 Å². The van der Waals surface area contributed by atoms with Crippen LogP contribution in [-0.4, -0.2) is 54.2 Å². The minimum Gasteiger partial charge on any atom is -0.482 e. The molecule has 1 saturated heterocycles. The van der Waals surface area contributed by atoms with Crippen LogP contribution in [0, 0.1) is 0 Å². The van der Waals surface area contributed by atoms with Crippen molar-refractivity contribution in [2.75, 3.05) is 31.1 Å². The Kier molecular flexibility index (Phi) is 4.02. The second-order valence-electron chi connectivity index (χ2n) is 5.94. The first kappa shape index (κ1) is 15.3. The number of aromatic nitrogens is 1. The molecule has 3 heterocycles. The maximum Gasteiger partial charge on any atom is 0.267 e. The van der Waals surface area contributed by atoms with Gasteiger partial charge in [0.15, 0.2) is 16.6 Å². The summed E-state index contributed by atoms with van der Waals surface area (Å²) in [4.78, 5) is 21.3. The number of carbonyl (C=O) groups is 1. The lowest BCUT2D eigenvalue weighted by Crippen LogP contribution is -2.56. The Balaban J connectivity index is 1.41. The number of benzene rings is 1. The second-order valence-corrected chi connectivity index (χ2v) is 6.81. The first-order valence-electron chi connectivity index (χ1n) is 8.08. The van der Waals surface area contributed by atoms with E-state index in [-0.39, 0.29) is 12.0 Å². The molecule has 0 aliphatic carbocycles. The molecule has 0 saturated carbocycles. The highest BCUT2D eigenvalue weighted by atomic mass is 32.1. The number of hydrogen-bond donors (Lipinski definition) is 0. The van der Waals surface area contributed by atoms with Crippen molar-refractivity contribution in [2.24, 2.45) is 0 Å². The minimum atomic E-state index is -0.591. The summed E-state index contributed by atoms with van der Waals surface area (Å²) in [5.41, 5.74) is 0. The normalized spacial score (nSPS) is 23.2. The molecule has 2 aliphatic rings. The quantitative estimate of drug-likeness (QED) is 0.833. The summed E-state index contributed by atoms with van der Waals surface area (Å²) in [5, 5.41) is 2.99. The standard InChI is InChI=1S/C17H19N3O3S/c1-12-15(23-14-5-3-2-4-13(14)22-12)16(21)19-7-9-20(10-8-19)17-18-6-11-24-17/h2-6,11-12,15H,7-10H2,1H3/t12-,15-/m1/s1. The molecular formula is C17H19N3O3S. The van der Waals surface area contributed by atoms with Gasteiger partial charge in [-0.3, -0.25) is 4.79 Å². The van der Waals surface area contributed by atoms with E-state index in [0.29, 0.717) is 24.6 Å². The molecule has 1 aromatic heterocycles. The van der Waals surface area contributed by atoms with Gasteiger partial charge in [0.25, 0.3) is 5.91 Å². The fourth-order valence-corrected chi connectivity index (χ4v) is 3.76. The summed E-state index contributed by atoms with van der Waals surface area (Å²) in [5.74, 6) is 1.33. The smallest absolute Gasteiger partial charge is 0.267 e. The van der Waals surface area contributed by atoms with Crippen LogP contribution in [0.4, 0.5) is 5.13 Å². The molecule has 0 N–H and O–H groups in total. The largest absolute Gasteiger partial charge is 0.482 e. The van der Waals surface area contributed by atoms with Gasteiger partial charge in [-0.15, -0.1) is 11.3 Å². The number of thiazole rings is 1. The monoisotopic (exact) mass is 345 g/mol. The minimum absolute atomic E-state index is 0.00390. The average molecular weight is 345 g/mol. The maximum absolute atomic E-state index is 12.9. The number of amides is 1. The molecule has 7 heteroatoms. The van der Waals surface area contributed by atoms with Crippen LogP contribution in [0.15, 0.2) is 35.8 Å². The number of hydrogen-bond acceptors (Lipinski definition) is 6. The first-order valence-corrected chi connectivity index (χ1v) is 8.96. The Morgan fingerprint density at radius 3 is 2.54 bits per heavy atom. The molecule has 1 amide bonds. The zero-order valence-electron chi connectivity index (χ0n) is 13.4. The van der Waals surface area contributed by atoms with Gasteiger partial charge in [-0.25, -0.2) is 4.98 Å². The van der Waals surface area contributed by atoms with Gasteiger partial charge >= 0.3 is 0 Å². The first-order chi connectivity index (χ1) is 11.7. The molecule has 1 aromatic carbocycles. The van der Waals surface area contributed by atoms with E-state index in [1.807, 2.05) is 47.7 Å². The topological polar surface area (TPSA) is 54.9 Å². The molecule has 6 nitrogen and oxygen atoms in total. The number of para-hydroxylation sites is 2. The number of fused-ring (bicyclic) bond motifs is 1. The molecule has 0 spiro atoms. The van der Waals surface area contributed by atoms with E-state index in [1.54, 1.807) is 11.3 Å². The van der Waals surface area contributed by atoms with Gasteiger partial charge in [0.2, 0.25) is 6.10 Å². The molecule has 2 atom stereocenters. The van der Waals surface area contributed by atoms with Gasteiger partial charge in [-0.05, 0) is 19.1 Å². The highest BCUT2D eigenvalue weighted by molar-refractivity contribution is 7.13. The van der Waals surface area contributed by atoms with Crippen LogP contribution < -0.4 is 14.4 Å². The summed E-state index contributed by atoms with van der Waals surface area (Å²) < 4.78 is 11.8. The van der Waals surface area contributed by atoms with Gasteiger partial charge in [0, 0.05) is 37.8 Å². The Hall–Kier alpha value is -2.28. The van der Waals surface area contributed by atoms with Gasteiger partial charge in [-0.2, -0.15) is 0 Å². The van der Waals surface area contributed by atoms with Crippen LogP contribution >= 0.6 is 11.3 Å². The predicted octanol–water partition coefficient (Wildman–Crippen LogP) is 2.02. The van der Waals surface area contributed by atoms with Gasteiger partial charge in [0.05, 0.1) is 0 Å². The lowest BCUT2D eigenvalue weighted by atomic mass is 10.1. The number of carbonyl (C=O) groups excluding carboxylic acids is 1. The SMILES string of the molecule is C[C@H]1Oc2ccccc2O[C@H]1C(=O)N1CCN(c2nccs2)CC1. The van der Waals surface area contributed by atoms with Gasteiger partial charge in [-0.1, -0.05) is 12.1 Å². The molecule has 0 unspecified atom stereocenters. The molecular weight excluding hydrogens is 326 g/mol. The molecule has 0 bridgehead atoms. The summed E-state index contributed by atoms with van der Waals surface area (Å²) in [6, 6.07) is 7.47. The number of ether oxygens (including phenoxy) is 2. The number of nitrogens with zero attached hydrogens (tertiary/aromatic N) is 3. The number of anilines is 1. The van der Waals surface area contributed by atoms with E-state index in [2.05, 4.69) is 9.88 Å². The van der Waals surface area contributed by atoms with Crippen molar-refractivity contribution in [3.63, 3.8) is 0 Å². The van der Waals surface area contributed by atoms with E-state index in [9.17, 15) is 4.79 Å². The Labute approximate surface area is 144 Å². The van der Waals surface area contributed by atoms with Crippen LogP contribution in [0.5, 0.6) is 11.5 Å². The molecule has 4 rings (SSSR count). The summed E-state index contributed by atoms with van der Waals surface area (Å²) in [6.45, 7) is 4.80.